The van der Waals surface area contributed by atoms with Gasteiger partial charge in [0.15, 0.2) is 5.82 Å². The maximum Gasteiger partial charge on any atom is 0.222 e. The van der Waals surface area contributed by atoms with Crippen LogP contribution in [0, 0.1) is 5.82 Å². The molecule has 0 bridgehead atoms. The third kappa shape index (κ3) is 2.41. The van der Waals surface area contributed by atoms with Gasteiger partial charge in [-0.25, -0.2) is 9.37 Å². The van der Waals surface area contributed by atoms with Crippen molar-refractivity contribution in [1.82, 2.24) is 9.97 Å². The molecular weight excluding hydrogens is 221 g/mol. The molecule has 0 atom stereocenters. The summed E-state index contributed by atoms with van der Waals surface area (Å²) in [6.07, 6.45) is 0.434. The average Bonchev–Trinajstić information content (AvgIpc) is 2.28. The zero-order valence-corrected chi connectivity index (χ0v) is 9.02. The molecule has 6 N–H and O–H groups in total. The molecular formula is C11H12FN5. The van der Waals surface area contributed by atoms with Gasteiger partial charge in [0.2, 0.25) is 5.95 Å². The Morgan fingerprint density at radius 1 is 1.00 bits per heavy atom. The molecule has 0 aliphatic heterocycles. The molecule has 5 nitrogen and oxygen atoms in total. The Hall–Kier alpha value is -2.37. The predicted octanol–water partition coefficient (Wildman–Crippen LogP) is 0.953. The topological polar surface area (TPSA) is 104 Å². The van der Waals surface area contributed by atoms with Gasteiger partial charge in [0.25, 0.3) is 0 Å². The molecule has 1 aromatic carbocycles. The Kier molecular flexibility index (Phi) is 2.78. The van der Waals surface area contributed by atoms with Gasteiger partial charge in [-0.1, -0.05) is 12.1 Å². The Morgan fingerprint density at radius 2 is 1.65 bits per heavy atom. The van der Waals surface area contributed by atoms with Crippen LogP contribution in [-0.4, -0.2) is 9.97 Å². The van der Waals surface area contributed by atoms with E-state index in [0.717, 1.165) is 5.56 Å². The van der Waals surface area contributed by atoms with Crippen LogP contribution in [0.25, 0.3) is 0 Å². The summed E-state index contributed by atoms with van der Waals surface area (Å²) in [5.74, 6) is -0.0492. The summed E-state index contributed by atoms with van der Waals surface area (Å²) in [6.45, 7) is 0. The van der Waals surface area contributed by atoms with Gasteiger partial charge >= 0.3 is 0 Å². The summed E-state index contributed by atoms with van der Waals surface area (Å²) < 4.78 is 12.7. The third-order valence-corrected chi connectivity index (χ3v) is 2.36. The van der Waals surface area contributed by atoms with E-state index in [1.54, 1.807) is 12.1 Å². The highest BCUT2D eigenvalue weighted by Gasteiger charge is 2.08. The monoisotopic (exact) mass is 233 g/mol. The fourth-order valence-corrected chi connectivity index (χ4v) is 1.49. The summed E-state index contributed by atoms with van der Waals surface area (Å²) in [6, 6.07) is 6.06. The van der Waals surface area contributed by atoms with Crippen LogP contribution >= 0.6 is 0 Å². The van der Waals surface area contributed by atoms with Crippen LogP contribution in [0.15, 0.2) is 24.3 Å². The SMILES string of the molecule is Nc1nc(N)c(N)c(Cc2ccc(F)cc2)n1. The van der Waals surface area contributed by atoms with Gasteiger partial charge < -0.3 is 17.2 Å². The Labute approximate surface area is 97.5 Å². The van der Waals surface area contributed by atoms with E-state index in [2.05, 4.69) is 9.97 Å². The molecule has 2 rings (SSSR count). The van der Waals surface area contributed by atoms with Crippen LogP contribution < -0.4 is 17.2 Å². The zero-order valence-electron chi connectivity index (χ0n) is 9.02. The van der Waals surface area contributed by atoms with Crippen molar-refractivity contribution in [3.8, 4) is 0 Å². The summed E-state index contributed by atoms with van der Waals surface area (Å²) in [5.41, 5.74) is 18.5. The van der Waals surface area contributed by atoms with Crippen LogP contribution in [0.3, 0.4) is 0 Å². The van der Waals surface area contributed by atoms with E-state index in [1.165, 1.54) is 12.1 Å². The summed E-state index contributed by atoms with van der Waals surface area (Å²) in [7, 11) is 0. The van der Waals surface area contributed by atoms with E-state index in [9.17, 15) is 4.39 Å². The number of nitrogens with zero attached hydrogens (tertiary/aromatic N) is 2. The molecule has 1 aromatic heterocycles. The molecule has 6 heteroatoms. The maximum atomic E-state index is 12.7. The predicted molar refractivity (Wildman–Crippen MR) is 64.5 cm³/mol. The Morgan fingerprint density at radius 3 is 2.29 bits per heavy atom. The van der Waals surface area contributed by atoms with Gasteiger partial charge in [-0.05, 0) is 17.7 Å². The van der Waals surface area contributed by atoms with Crippen molar-refractivity contribution in [3.63, 3.8) is 0 Å². The van der Waals surface area contributed by atoms with Crippen molar-refractivity contribution in [2.24, 2.45) is 0 Å². The molecule has 88 valence electrons. The summed E-state index contributed by atoms with van der Waals surface area (Å²) >= 11 is 0. The van der Waals surface area contributed by atoms with E-state index in [4.69, 9.17) is 17.2 Å². The van der Waals surface area contributed by atoms with Crippen molar-refractivity contribution in [2.75, 3.05) is 17.2 Å². The standard InChI is InChI=1S/C11H12FN5/c12-7-3-1-6(2-4-7)5-8-9(13)10(14)17-11(15)16-8/h1-4H,5,13H2,(H4,14,15,16,17). The molecule has 0 saturated carbocycles. The first-order valence-electron chi connectivity index (χ1n) is 4.98. The van der Waals surface area contributed by atoms with Gasteiger partial charge in [-0.15, -0.1) is 0 Å². The number of hydrogen-bond donors (Lipinski definition) is 3. The lowest BCUT2D eigenvalue weighted by Gasteiger charge is -2.07. The molecule has 0 saturated heterocycles. The van der Waals surface area contributed by atoms with Gasteiger partial charge in [-0.2, -0.15) is 4.98 Å². The average molecular weight is 233 g/mol. The lowest BCUT2D eigenvalue weighted by atomic mass is 10.1. The second-order valence-corrected chi connectivity index (χ2v) is 3.63. The maximum absolute atomic E-state index is 12.7. The van der Waals surface area contributed by atoms with Gasteiger partial charge in [0.1, 0.15) is 5.82 Å². The highest BCUT2D eigenvalue weighted by atomic mass is 19.1. The first kappa shape index (κ1) is 11.1. The Balaban J connectivity index is 2.32. The molecule has 0 amide bonds. The smallest absolute Gasteiger partial charge is 0.222 e. The van der Waals surface area contributed by atoms with E-state index < -0.39 is 0 Å². The van der Waals surface area contributed by atoms with Crippen LogP contribution in [0.2, 0.25) is 0 Å². The first-order valence-corrected chi connectivity index (χ1v) is 4.98. The molecule has 0 unspecified atom stereocenters. The normalized spacial score (nSPS) is 10.4. The summed E-state index contributed by atoms with van der Waals surface area (Å²) in [5, 5.41) is 0. The van der Waals surface area contributed by atoms with Crippen molar-refractivity contribution >= 4 is 17.5 Å². The third-order valence-electron chi connectivity index (χ3n) is 2.36. The van der Waals surface area contributed by atoms with Crippen molar-refractivity contribution in [2.45, 2.75) is 6.42 Å². The quantitative estimate of drug-likeness (QED) is 0.716. The minimum Gasteiger partial charge on any atom is -0.394 e. The molecule has 0 aliphatic rings. The number of nitrogens with two attached hydrogens (primary N) is 3. The number of benzene rings is 1. The number of hydrogen-bond acceptors (Lipinski definition) is 5. The summed E-state index contributed by atoms with van der Waals surface area (Å²) in [4.78, 5) is 7.77. The number of anilines is 3. The van der Waals surface area contributed by atoms with Crippen molar-refractivity contribution in [1.29, 1.82) is 0 Å². The molecule has 1 heterocycles. The second-order valence-electron chi connectivity index (χ2n) is 3.63. The number of aromatic nitrogens is 2. The van der Waals surface area contributed by atoms with Crippen LogP contribution in [0.5, 0.6) is 0 Å². The fraction of sp³-hybridized carbons (Fsp3) is 0.0909. The van der Waals surface area contributed by atoms with Crippen LogP contribution in [0.1, 0.15) is 11.3 Å². The largest absolute Gasteiger partial charge is 0.394 e. The van der Waals surface area contributed by atoms with E-state index in [-0.39, 0.29) is 17.6 Å². The number of rotatable bonds is 2. The van der Waals surface area contributed by atoms with Crippen molar-refractivity contribution < 1.29 is 4.39 Å². The van der Waals surface area contributed by atoms with Gasteiger partial charge in [-0.3, -0.25) is 0 Å². The van der Waals surface area contributed by atoms with Gasteiger partial charge in [0, 0.05) is 6.42 Å². The highest BCUT2D eigenvalue weighted by molar-refractivity contribution is 5.63. The minimum absolute atomic E-state index is 0.0776. The number of nitrogen functional groups attached to an aromatic ring is 3. The molecule has 17 heavy (non-hydrogen) atoms. The fourth-order valence-electron chi connectivity index (χ4n) is 1.49. The lowest BCUT2D eigenvalue weighted by Crippen LogP contribution is -2.09. The molecule has 0 spiro atoms. The lowest BCUT2D eigenvalue weighted by molar-refractivity contribution is 0.627. The number of halogens is 1. The second kappa shape index (κ2) is 4.25. The Bertz CT molecular complexity index is 538. The minimum atomic E-state index is -0.288. The molecule has 0 fully saturated rings. The molecule has 0 aliphatic carbocycles. The molecule has 2 aromatic rings. The van der Waals surface area contributed by atoms with E-state index in [0.29, 0.717) is 17.8 Å². The van der Waals surface area contributed by atoms with Crippen LogP contribution in [0.4, 0.5) is 21.8 Å². The van der Waals surface area contributed by atoms with E-state index in [1.807, 2.05) is 0 Å². The zero-order chi connectivity index (χ0) is 12.4. The van der Waals surface area contributed by atoms with Gasteiger partial charge in [0.05, 0.1) is 11.4 Å². The van der Waals surface area contributed by atoms with E-state index >= 15 is 0 Å². The van der Waals surface area contributed by atoms with Crippen molar-refractivity contribution in [3.05, 3.63) is 41.3 Å². The highest BCUT2D eigenvalue weighted by Crippen LogP contribution is 2.20. The first-order chi connectivity index (χ1) is 8.06. The van der Waals surface area contributed by atoms with Crippen LogP contribution in [-0.2, 0) is 6.42 Å². The molecule has 0 radical (unpaired) electrons.